The molecule has 0 bridgehead atoms. The van der Waals surface area contributed by atoms with Gasteiger partial charge in [0.1, 0.15) is 6.42 Å². The van der Waals surface area contributed by atoms with Crippen LogP contribution >= 0.6 is 11.6 Å². The lowest BCUT2D eigenvalue weighted by Crippen LogP contribution is -2.32. The first kappa shape index (κ1) is 13.2. The van der Waals surface area contributed by atoms with Crippen LogP contribution in [0.2, 0.25) is 5.02 Å². The molecular formula is C11H10ClNO4. The molecule has 0 atom stereocenters. The van der Waals surface area contributed by atoms with E-state index >= 15 is 0 Å². The number of rotatable bonds is 3. The third kappa shape index (κ3) is 4.24. The van der Waals surface area contributed by atoms with Crippen LogP contribution in [0, 0.1) is 0 Å². The van der Waals surface area contributed by atoms with Crippen molar-refractivity contribution in [3.05, 3.63) is 34.9 Å². The summed E-state index contributed by atoms with van der Waals surface area (Å²) in [5.41, 5.74) is 0.285. The van der Waals surface area contributed by atoms with Gasteiger partial charge in [-0.1, -0.05) is 11.6 Å². The van der Waals surface area contributed by atoms with Crippen molar-refractivity contribution in [2.75, 3.05) is 7.11 Å². The summed E-state index contributed by atoms with van der Waals surface area (Å²) in [6.45, 7) is 0. The zero-order valence-corrected chi connectivity index (χ0v) is 9.78. The minimum atomic E-state index is -0.711. The molecule has 0 radical (unpaired) electrons. The standard InChI is InChI=1S/C11H10ClNO4/c1-17-10(15)6-9(14)13-11(16)7-2-4-8(12)5-3-7/h2-5H,6H2,1H3,(H,13,14,16). The van der Waals surface area contributed by atoms with Crippen molar-refractivity contribution >= 4 is 29.4 Å². The van der Waals surface area contributed by atoms with Gasteiger partial charge in [0.15, 0.2) is 0 Å². The van der Waals surface area contributed by atoms with Crippen LogP contribution in [0.4, 0.5) is 0 Å². The van der Waals surface area contributed by atoms with Gasteiger partial charge in [0, 0.05) is 10.6 Å². The zero-order chi connectivity index (χ0) is 12.8. The Bertz CT molecular complexity index is 441. The van der Waals surface area contributed by atoms with Crippen LogP contribution in [0.25, 0.3) is 0 Å². The molecule has 1 aromatic rings. The number of methoxy groups -OCH3 is 1. The number of amides is 2. The summed E-state index contributed by atoms with van der Waals surface area (Å²) in [4.78, 5) is 33.5. The molecular weight excluding hydrogens is 246 g/mol. The quantitative estimate of drug-likeness (QED) is 0.650. The number of esters is 1. The first-order valence-corrected chi connectivity index (χ1v) is 5.07. The first-order chi connectivity index (χ1) is 8.02. The van der Waals surface area contributed by atoms with Gasteiger partial charge in [-0.25, -0.2) is 0 Å². The van der Waals surface area contributed by atoms with E-state index in [-0.39, 0.29) is 5.56 Å². The summed E-state index contributed by atoms with van der Waals surface area (Å²) in [5, 5.41) is 2.55. The molecule has 0 saturated heterocycles. The van der Waals surface area contributed by atoms with Crippen LogP contribution < -0.4 is 5.32 Å². The molecule has 0 aliphatic rings. The first-order valence-electron chi connectivity index (χ1n) is 4.69. The minimum absolute atomic E-state index is 0.285. The zero-order valence-electron chi connectivity index (χ0n) is 9.03. The maximum absolute atomic E-state index is 11.5. The maximum atomic E-state index is 11.5. The largest absolute Gasteiger partial charge is 0.469 e. The molecule has 5 nitrogen and oxygen atoms in total. The fraction of sp³-hybridized carbons (Fsp3) is 0.182. The van der Waals surface area contributed by atoms with Crippen molar-refractivity contribution < 1.29 is 19.1 Å². The van der Waals surface area contributed by atoms with E-state index in [0.29, 0.717) is 5.02 Å². The second-order valence-electron chi connectivity index (χ2n) is 3.14. The molecule has 1 rings (SSSR count). The SMILES string of the molecule is COC(=O)CC(=O)NC(=O)c1ccc(Cl)cc1. The Morgan fingerprint density at radius 2 is 1.82 bits per heavy atom. The summed E-state index contributed by atoms with van der Waals surface area (Å²) < 4.78 is 4.30. The highest BCUT2D eigenvalue weighted by atomic mass is 35.5. The molecule has 0 unspecified atom stereocenters. The van der Waals surface area contributed by atoms with Gasteiger partial charge < -0.3 is 4.74 Å². The Kier molecular flexibility index (Phi) is 4.66. The van der Waals surface area contributed by atoms with Crippen LogP contribution in [-0.4, -0.2) is 24.9 Å². The van der Waals surface area contributed by atoms with E-state index in [1.807, 2.05) is 0 Å². The van der Waals surface area contributed by atoms with E-state index in [1.165, 1.54) is 24.3 Å². The fourth-order valence-corrected chi connectivity index (χ4v) is 1.17. The lowest BCUT2D eigenvalue weighted by Gasteiger charge is -2.03. The molecule has 90 valence electrons. The molecule has 1 aromatic carbocycles. The third-order valence-corrected chi connectivity index (χ3v) is 2.14. The third-order valence-electron chi connectivity index (χ3n) is 1.89. The van der Waals surface area contributed by atoms with E-state index in [2.05, 4.69) is 10.1 Å². The average Bonchev–Trinajstić information content (AvgIpc) is 2.29. The highest BCUT2D eigenvalue weighted by molar-refractivity contribution is 6.30. The number of carbonyl (C=O) groups is 3. The van der Waals surface area contributed by atoms with Gasteiger partial charge >= 0.3 is 5.97 Å². The molecule has 2 amide bonds. The normalized spacial score (nSPS) is 9.53. The highest BCUT2D eigenvalue weighted by Gasteiger charge is 2.13. The van der Waals surface area contributed by atoms with Gasteiger partial charge in [-0.2, -0.15) is 0 Å². The maximum Gasteiger partial charge on any atom is 0.315 e. The van der Waals surface area contributed by atoms with Crippen molar-refractivity contribution in [1.82, 2.24) is 5.32 Å². The summed E-state index contributed by atoms with van der Waals surface area (Å²) >= 11 is 5.65. The number of carbonyl (C=O) groups excluding carboxylic acids is 3. The summed E-state index contributed by atoms with van der Waals surface area (Å²) in [7, 11) is 1.16. The van der Waals surface area contributed by atoms with Gasteiger partial charge in [0.05, 0.1) is 7.11 Å². The van der Waals surface area contributed by atoms with Crippen LogP contribution in [0.15, 0.2) is 24.3 Å². The summed E-state index contributed by atoms with van der Waals surface area (Å²) in [5.74, 6) is -2.00. The molecule has 17 heavy (non-hydrogen) atoms. The molecule has 1 N–H and O–H groups in total. The van der Waals surface area contributed by atoms with Crippen molar-refractivity contribution in [1.29, 1.82) is 0 Å². The van der Waals surface area contributed by atoms with E-state index in [0.717, 1.165) is 7.11 Å². The van der Waals surface area contributed by atoms with Crippen molar-refractivity contribution in [3.63, 3.8) is 0 Å². The number of hydrogen-bond donors (Lipinski definition) is 1. The van der Waals surface area contributed by atoms with Gasteiger partial charge in [0.25, 0.3) is 5.91 Å². The van der Waals surface area contributed by atoms with E-state index in [9.17, 15) is 14.4 Å². The Morgan fingerprint density at radius 1 is 1.24 bits per heavy atom. The molecule has 0 aliphatic heterocycles. The molecule has 0 aromatic heterocycles. The van der Waals surface area contributed by atoms with Crippen molar-refractivity contribution in [2.24, 2.45) is 0 Å². The smallest absolute Gasteiger partial charge is 0.315 e. The van der Waals surface area contributed by atoms with Crippen LogP contribution in [-0.2, 0) is 14.3 Å². The molecule has 0 fully saturated rings. The number of ether oxygens (including phenoxy) is 1. The topological polar surface area (TPSA) is 72.5 Å². The Labute approximate surface area is 103 Å². The van der Waals surface area contributed by atoms with Crippen molar-refractivity contribution in [3.8, 4) is 0 Å². The Hall–Kier alpha value is -1.88. The fourth-order valence-electron chi connectivity index (χ4n) is 1.05. The second kappa shape index (κ2) is 6.00. The van der Waals surface area contributed by atoms with E-state index in [1.54, 1.807) is 0 Å². The molecule has 0 spiro atoms. The van der Waals surface area contributed by atoms with E-state index in [4.69, 9.17) is 11.6 Å². The average molecular weight is 256 g/mol. The number of nitrogens with one attached hydrogen (secondary N) is 1. The monoisotopic (exact) mass is 255 g/mol. The molecule has 0 aliphatic carbocycles. The minimum Gasteiger partial charge on any atom is -0.469 e. The summed E-state index contributed by atoms with van der Waals surface area (Å²) in [6.07, 6.45) is -0.490. The number of imide groups is 1. The Balaban J connectivity index is 2.57. The van der Waals surface area contributed by atoms with Gasteiger partial charge in [-0.15, -0.1) is 0 Å². The lowest BCUT2D eigenvalue weighted by atomic mass is 10.2. The second-order valence-corrected chi connectivity index (χ2v) is 3.57. The van der Waals surface area contributed by atoms with Crippen LogP contribution in [0.3, 0.4) is 0 Å². The number of halogens is 1. The lowest BCUT2D eigenvalue weighted by molar-refractivity contribution is -0.143. The van der Waals surface area contributed by atoms with Gasteiger partial charge in [-0.3, -0.25) is 19.7 Å². The van der Waals surface area contributed by atoms with E-state index < -0.39 is 24.2 Å². The molecule has 0 saturated carbocycles. The van der Waals surface area contributed by atoms with Crippen molar-refractivity contribution in [2.45, 2.75) is 6.42 Å². The highest BCUT2D eigenvalue weighted by Crippen LogP contribution is 2.09. The number of benzene rings is 1. The van der Waals surface area contributed by atoms with Gasteiger partial charge in [0.2, 0.25) is 5.91 Å². The number of hydrogen-bond acceptors (Lipinski definition) is 4. The predicted molar refractivity (Wildman–Crippen MR) is 60.6 cm³/mol. The summed E-state index contributed by atoms with van der Waals surface area (Å²) in [6, 6.07) is 6.01. The molecule has 6 heteroatoms. The molecule has 0 heterocycles. The van der Waals surface area contributed by atoms with Crippen LogP contribution in [0.5, 0.6) is 0 Å². The van der Waals surface area contributed by atoms with Gasteiger partial charge in [-0.05, 0) is 24.3 Å². The Morgan fingerprint density at radius 3 is 2.35 bits per heavy atom. The predicted octanol–water partition coefficient (Wildman–Crippen LogP) is 1.16. The van der Waals surface area contributed by atoms with Crippen LogP contribution in [0.1, 0.15) is 16.8 Å².